The molecule has 0 heterocycles. The molecule has 0 radical (unpaired) electrons. The van der Waals surface area contributed by atoms with E-state index in [0.717, 1.165) is 35.7 Å². The lowest BCUT2D eigenvalue weighted by molar-refractivity contribution is 0.0327. The summed E-state index contributed by atoms with van der Waals surface area (Å²) in [7, 11) is 0. The van der Waals surface area contributed by atoms with E-state index < -0.39 is 0 Å². The number of hydrogen-bond acceptors (Lipinski definition) is 1. The topological polar surface area (TPSA) is 20.2 Å². The third kappa shape index (κ3) is 2.08. The van der Waals surface area contributed by atoms with Gasteiger partial charge in [0.15, 0.2) is 0 Å². The van der Waals surface area contributed by atoms with Crippen molar-refractivity contribution in [1.82, 2.24) is 0 Å². The highest BCUT2D eigenvalue weighted by atomic mass is 79.9. The van der Waals surface area contributed by atoms with Crippen molar-refractivity contribution in [3.8, 4) is 0 Å². The van der Waals surface area contributed by atoms with Crippen LogP contribution in [0.1, 0.15) is 57.3 Å². The Morgan fingerprint density at radius 1 is 1.20 bits per heavy atom. The molecule has 3 rings (SSSR count). The molecule has 0 fully saturated rings. The van der Waals surface area contributed by atoms with Crippen LogP contribution in [0.3, 0.4) is 0 Å². The molecule has 1 aromatic carbocycles. The highest BCUT2D eigenvalue weighted by molar-refractivity contribution is 9.10. The SMILES string of the molecule is CC1=C2CCc3cccc(Br)c3[C@H](O)[C@H](CC1)C2(C)C. The van der Waals surface area contributed by atoms with Gasteiger partial charge in [-0.1, -0.05) is 53.1 Å². The summed E-state index contributed by atoms with van der Waals surface area (Å²) in [4.78, 5) is 0. The molecule has 0 saturated carbocycles. The summed E-state index contributed by atoms with van der Waals surface area (Å²) < 4.78 is 1.06. The molecular formula is C18H23BrO. The summed E-state index contributed by atoms with van der Waals surface area (Å²) in [6, 6.07) is 6.31. The molecule has 20 heavy (non-hydrogen) atoms. The van der Waals surface area contributed by atoms with Gasteiger partial charge in [0, 0.05) is 4.47 Å². The Bertz CT molecular complexity index is 571. The minimum atomic E-state index is -0.362. The number of hydrogen-bond donors (Lipinski definition) is 1. The molecule has 1 aromatic rings. The number of allylic oxidation sites excluding steroid dienone is 2. The number of aliphatic hydroxyl groups excluding tert-OH is 1. The number of benzene rings is 1. The summed E-state index contributed by atoms with van der Waals surface area (Å²) in [6.45, 7) is 6.92. The normalized spacial score (nSPS) is 28.6. The molecule has 0 unspecified atom stereocenters. The van der Waals surface area contributed by atoms with Crippen molar-refractivity contribution in [2.75, 3.05) is 0 Å². The number of aliphatic hydroxyl groups is 1. The highest BCUT2D eigenvalue weighted by Gasteiger charge is 2.43. The van der Waals surface area contributed by atoms with E-state index in [1.807, 2.05) is 0 Å². The lowest BCUT2D eigenvalue weighted by atomic mass is 9.60. The number of rotatable bonds is 0. The third-order valence-corrected chi connectivity index (χ3v) is 6.21. The smallest absolute Gasteiger partial charge is 0.0840 e. The minimum Gasteiger partial charge on any atom is -0.388 e. The van der Waals surface area contributed by atoms with Crippen molar-refractivity contribution in [2.24, 2.45) is 11.3 Å². The van der Waals surface area contributed by atoms with Crippen molar-refractivity contribution in [2.45, 2.75) is 52.6 Å². The van der Waals surface area contributed by atoms with E-state index in [4.69, 9.17) is 0 Å². The maximum Gasteiger partial charge on any atom is 0.0840 e. The van der Waals surface area contributed by atoms with E-state index in [0.29, 0.717) is 5.92 Å². The molecule has 1 nitrogen and oxygen atoms in total. The van der Waals surface area contributed by atoms with E-state index in [-0.39, 0.29) is 11.5 Å². The van der Waals surface area contributed by atoms with Crippen molar-refractivity contribution in [3.63, 3.8) is 0 Å². The summed E-state index contributed by atoms with van der Waals surface area (Å²) in [5.41, 5.74) is 5.67. The van der Waals surface area contributed by atoms with Gasteiger partial charge in [-0.05, 0) is 61.1 Å². The Hall–Kier alpha value is -0.600. The fraction of sp³-hybridized carbons (Fsp3) is 0.556. The maximum absolute atomic E-state index is 11.0. The van der Waals surface area contributed by atoms with E-state index in [2.05, 4.69) is 54.9 Å². The van der Waals surface area contributed by atoms with Crippen LogP contribution in [0.4, 0.5) is 0 Å². The molecule has 0 aliphatic heterocycles. The minimum absolute atomic E-state index is 0.106. The van der Waals surface area contributed by atoms with E-state index in [1.54, 1.807) is 11.1 Å². The molecule has 2 heteroatoms. The molecule has 2 bridgehead atoms. The van der Waals surface area contributed by atoms with Gasteiger partial charge in [-0.3, -0.25) is 0 Å². The quantitative estimate of drug-likeness (QED) is 0.648. The molecule has 2 aliphatic rings. The van der Waals surface area contributed by atoms with Crippen LogP contribution >= 0.6 is 15.9 Å². The first-order valence-electron chi connectivity index (χ1n) is 7.57. The van der Waals surface area contributed by atoms with Crippen LogP contribution in [-0.4, -0.2) is 5.11 Å². The summed E-state index contributed by atoms with van der Waals surface area (Å²) in [5, 5.41) is 11.0. The standard InChI is InChI=1S/C18H23BrO/c1-11-7-9-14-17(20)16-12(5-4-6-15(16)19)8-10-13(11)18(14,2)3/h4-6,14,17,20H,7-10H2,1-3H3/t14-,17+/m0/s1. The lowest BCUT2D eigenvalue weighted by Gasteiger charge is -2.46. The van der Waals surface area contributed by atoms with Crippen LogP contribution in [0.15, 0.2) is 33.8 Å². The van der Waals surface area contributed by atoms with Gasteiger partial charge in [0.1, 0.15) is 0 Å². The lowest BCUT2D eigenvalue weighted by Crippen LogP contribution is -2.37. The maximum atomic E-state index is 11.0. The Balaban J connectivity index is 2.17. The van der Waals surface area contributed by atoms with Gasteiger partial charge < -0.3 is 5.11 Å². The highest BCUT2D eigenvalue weighted by Crippen LogP contribution is 2.53. The van der Waals surface area contributed by atoms with Crippen LogP contribution in [-0.2, 0) is 6.42 Å². The van der Waals surface area contributed by atoms with Gasteiger partial charge in [0.25, 0.3) is 0 Å². The van der Waals surface area contributed by atoms with Gasteiger partial charge in [0.2, 0.25) is 0 Å². The summed E-state index contributed by atoms with van der Waals surface area (Å²) in [5.74, 6) is 0.318. The molecule has 1 N–H and O–H groups in total. The van der Waals surface area contributed by atoms with Gasteiger partial charge >= 0.3 is 0 Å². The molecule has 2 atom stereocenters. The average molecular weight is 335 g/mol. The van der Waals surface area contributed by atoms with Crippen LogP contribution in [0.25, 0.3) is 0 Å². The Kier molecular flexibility index (Phi) is 3.58. The second-order valence-corrected chi connectivity index (χ2v) is 7.74. The molecular weight excluding hydrogens is 312 g/mol. The molecule has 0 saturated heterocycles. The largest absolute Gasteiger partial charge is 0.388 e. The molecule has 2 aliphatic carbocycles. The van der Waals surface area contributed by atoms with E-state index >= 15 is 0 Å². The summed E-state index contributed by atoms with van der Waals surface area (Å²) in [6.07, 6.45) is 4.03. The molecule has 0 aromatic heterocycles. The van der Waals surface area contributed by atoms with Gasteiger partial charge in [0.05, 0.1) is 6.10 Å². The first-order chi connectivity index (χ1) is 9.43. The zero-order valence-electron chi connectivity index (χ0n) is 12.5. The van der Waals surface area contributed by atoms with E-state index in [9.17, 15) is 5.11 Å². The van der Waals surface area contributed by atoms with Crippen LogP contribution in [0.5, 0.6) is 0 Å². The summed E-state index contributed by atoms with van der Waals surface area (Å²) >= 11 is 3.65. The van der Waals surface area contributed by atoms with Crippen molar-refractivity contribution in [1.29, 1.82) is 0 Å². The predicted molar refractivity (Wildman–Crippen MR) is 86.6 cm³/mol. The molecule has 108 valence electrons. The number of fused-ring (bicyclic) bond motifs is 3. The monoisotopic (exact) mass is 334 g/mol. The fourth-order valence-corrected chi connectivity index (χ4v) is 4.98. The van der Waals surface area contributed by atoms with Gasteiger partial charge in [-0.2, -0.15) is 0 Å². The van der Waals surface area contributed by atoms with Crippen LogP contribution < -0.4 is 0 Å². The fourth-order valence-electron chi connectivity index (χ4n) is 4.34. The molecule has 0 spiro atoms. The van der Waals surface area contributed by atoms with Crippen molar-refractivity contribution in [3.05, 3.63) is 44.9 Å². The second-order valence-electron chi connectivity index (χ2n) is 6.88. The van der Waals surface area contributed by atoms with Crippen LogP contribution in [0, 0.1) is 11.3 Å². The predicted octanol–water partition coefficient (Wildman–Crippen LogP) is 5.18. The third-order valence-electron chi connectivity index (χ3n) is 5.51. The van der Waals surface area contributed by atoms with Crippen LogP contribution in [0.2, 0.25) is 0 Å². The second kappa shape index (κ2) is 4.99. The molecule has 0 amide bonds. The Morgan fingerprint density at radius 2 is 1.95 bits per heavy atom. The number of halogens is 1. The van der Waals surface area contributed by atoms with Crippen molar-refractivity contribution < 1.29 is 5.11 Å². The number of aryl methyl sites for hydroxylation is 1. The van der Waals surface area contributed by atoms with Gasteiger partial charge in [-0.15, -0.1) is 0 Å². The zero-order valence-corrected chi connectivity index (χ0v) is 14.1. The van der Waals surface area contributed by atoms with Crippen molar-refractivity contribution >= 4 is 15.9 Å². The Morgan fingerprint density at radius 3 is 2.70 bits per heavy atom. The zero-order chi connectivity index (χ0) is 14.5. The average Bonchev–Trinajstić information content (AvgIpc) is 2.36. The first-order valence-corrected chi connectivity index (χ1v) is 8.36. The Labute approximate surface area is 130 Å². The van der Waals surface area contributed by atoms with Gasteiger partial charge in [-0.25, -0.2) is 0 Å². The first kappa shape index (κ1) is 14.3. The van der Waals surface area contributed by atoms with E-state index in [1.165, 1.54) is 5.56 Å².